The van der Waals surface area contributed by atoms with Crippen LogP contribution < -0.4 is 0 Å². The Hall–Kier alpha value is -2.77. The SMILES string of the molecule is O=C(Cn1cnnn1)N1CCC2(CC1)CCN(C(=O)C1Cc3ccccc31)C2. The van der Waals surface area contributed by atoms with E-state index >= 15 is 0 Å². The summed E-state index contributed by atoms with van der Waals surface area (Å²) in [7, 11) is 0. The van der Waals surface area contributed by atoms with Crippen LogP contribution >= 0.6 is 0 Å². The van der Waals surface area contributed by atoms with Gasteiger partial charge in [-0.1, -0.05) is 24.3 Å². The summed E-state index contributed by atoms with van der Waals surface area (Å²) in [6.45, 7) is 3.35. The first kappa shape index (κ1) is 17.3. The lowest BCUT2D eigenvalue weighted by Gasteiger charge is -2.39. The van der Waals surface area contributed by atoms with Gasteiger partial charge < -0.3 is 9.80 Å². The van der Waals surface area contributed by atoms with Gasteiger partial charge in [0, 0.05) is 26.2 Å². The van der Waals surface area contributed by atoms with Crippen molar-refractivity contribution >= 4 is 11.8 Å². The zero-order valence-electron chi connectivity index (χ0n) is 15.8. The molecule has 28 heavy (non-hydrogen) atoms. The van der Waals surface area contributed by atoms with Gasteiger partial charge in [0.1, 0.15) is 12.9 Å². The Morgan fingerprint density at radius 3 is 2.54 bits per heavy atom. The molecule has 1 spiro atoms. The lowest BCUT2D eigenvalue weighted by Crippen LogP contribution is -2.46. The van der Waals surface area contributed by atoms with Crippen LogP contribution in [0.5, 0.6) is 0 Å². The van der Waals surface area contributed by atoms with Crippen LogP contribution in [-0.4, -0.2) is 68.0 Å². The van der Waals surface area contributed by atoms with Crippen LogP contribution in [0.2, 0.25) is 0 Å². The van der Waals surface area contributed by atoms with Crippen molar-refractivity contribution < 1.29 is 9.59 Å². The minimum atomic E-state index is 0.0457. The average Bonchev–Trinajstić information content (AvgIpc) is 3.34. The molecule has 1 aromatic heterocycles. The van der Waals surface area contributed by atoms with Gasteiger partial charge >= 0.3 is 0 Å². The van der Waals surface area contributed by atoms with Gasteiger partial charge in [-0.3, -0.25) is 9.59 Å². The summed E-state index contributed by atoms with van der Waals surface area (Å²) in [6.07, 6.45) is 5.29. The van der Waals surface area contributed by atoms with E-state index in [-0.39, 0.29) is 29.7 Å². The Kier molecular flexibility index (Phi) is 4.14. The fraction of sp³-hybridized carbons (Fsp3) is 0.550. The number of hydrogen-bond donors (Lipinski definition) is 0. The van der Waals surface area contributed by atoms with Gasteiger partial charge in [-0.25, -0.2) is 4.68 Å². The monoisotopic (exact) mass is 380 g/mol. The largest absolute Gasteiger partial charge is 0.342 e. The molecule has 1 aromatic carbocycles. The number of benzene rings is 1. The lowest BCUT2D eigenvalue weighted by molar-refractivity contribution is -0.136. The summed E-state index contributed by atoms with van der Waals surface area (Å²) >= 11 is 0. The van der Waals surface area contributed by atoms with Gasteiger partial charge in [0.2, 0.25) is 11.8 Å². The van der Waals surface area contributed by atoms with Crippen molar-refractivity contribution in [2.75, 3.05) is 26.2 Å². The molecular formula is C20H24N6O2. The van der Waals surface area contributed by atoms with Crippen LogP contribution in [0.3, 0.4) is 0 Å². The van der Waals surface area contributed by atoms with Crippen LogP contribution in [0.25, 0.3) is 0 Å². The number of fused-ring (bicyclic) bond motifs is 1. The minimum absolute atomic E-state index is 0.0457. The highest BCUT2D eigenvalue weighted by Crippen LogP contribution is 2.43. The summed E-state index contributed by atoms with van der Waals surface area (Å²) < 4.78 is 1.46. The van der Waals surface area contributed by atoms with Gasteiger partial charge in [-0.15, -0.1) is 5.10 Å². The van der Waals surface area contributed by atoms with E-state index in [0.717, 1.165) is 51.9 Å². The van der Waals surface area contributed by atoms with E-state index in [1.54, 1.807) is 0 Å². The molecule has 8 heteroatoms. The van der Waals surface area contributed by atoms with Gasteiger partial charge in [0.05, 0.1) is 5.92 Å². The fourth-order valence-corrected chi connectivity index (χ4v) is 4.95. The second kappa shape index (κ2) is 6.68. The van der Waals surface area contributed by atoms with Crippen LogP contribution in [0.1, 0.15) is 36.3 Å². The molecule has 2 fully saturated rings. The Morgan fingerprint density at radius 1 is 1.07 bits per heavy atom. The summed E-state index contributed by atoms with van der Waals surface area (Å²) in [5, 5.41) is 10.9. The molecule has 0 bridgehead atoms. The van der Waals surface area contributed by atoms with Crippen molar-refractivity contribution in [3.8, 4) is 0 Å². The van der Waals surface area contributed by atoms with E-state index in [0.29, 0.717) is 0 Å². The van der Waals surface area contributed by atoms with E-state index in [1.165, 1.54) is 22.1 Å². The van der Waals surface area contributed by atoms with E-state index in [2.05, 4.69) is 32.6 Å². The molecule has 2 saturated heterocycles. The first-order valence-corrected chi connectivity index (χ1v) is 9.99. The van der Waals surface area contributed by atoms with E-state index in [1.807, 2.05) is 17.0 Å². The number of amides is 2. The first-order chi connectivity index (χ1) is 13.6. The molecule has 1 aliphatic carbocycles. The van der Waals surface area contributed by atoms with E-state index in [9.17, 15) is 9.59 Å². The predicted molar refractivity (Wildman–Crippen MR) is 100 cm³/mol. The molecule has 3 heterocycles. The van der Waals surface area contributed by atoms with Crippen molar-refractivity contribution in [2.45, 2.75) is 38.1 Å². The first-order valence-electron chi connectivity index (χ1n) is 9.99. The van der Waals surface area contributed by atoms with Crippen LogP contribution in [0.4, 0.5) is 0 Å². The number of rotatable bonds is 3. The van der Waals surface area contributed by atoms with Gasteiger partial charge in [0.25, 0.3) is 0 Å². The molecule has 8 nitrogen and oxygen atoms in total. The maximum atomic E-state index is 13.0. The number of piperidine rings is 1. The standard InChI is InChI=1S/C20H24N6O2/c27-18(12-26-14-21-22-23-26)24-8-5-20(6-9-24)7-10-25(13-20)19(28)17-11-15-3-1-2-4-16(15)17/h1-4,14,17H,5-13H2. The minimum Gasteiger partial charge on any atom is -0.342 e. The highest BCUT2D eigenvalue weighted by atomic mass is 16.2. The number of carbonyl (C=O) groups is 2. The van der Waals surface area contributed by atoms with Crippen LogP contribution in [0.15, 0.2) is 30.6 Å². The molecule has 0 N–H and O–H groups in total. The lowest BCUT2D eigenvalue weighted by atomic mass is 9.76. The van der Waals surface area contributed by atoms with Crippen molar-refractivity contribution in [3.63, 3.8) is 0 Å². The average molecular weight is 380 g/mol. The predicted octanol–water partition coefficient (Wildman–Crippen LogP) is 0.854. The smallest absolute Gasteiger partial charge is 0.244 e. The quantitative estimate of drug-likeness (QED) is 0.788. The third-order valence-corrected chi connectivity index (χ3v) is 6.77. The van der Waals surface area contributed by atoms with Gasteiger partial charge in [0.15, 0.2) is 0 Å². The van der Waals surface area contributed by atoms with Crippen LogP contribution in [-0.2, 0) is 22.6 Å². The second-order valence-electron chi connectivity index (χ2n) is 8.35. The zero-order chi connectivity index (χ0) is 19.1. The molecular weight excluding hydrogens is 356 g/mol. The highest BCUT2D eigenvalue weighted by molar-refractivity contribution is 5.87. The zero-order valence-corrected chi connectivity index (χ0v) is 15.8. The number of tetrazole rings is 1. The second-order valence-corrected chi connectivity index (χ2v) is 8.35. The van der Waals surface area contributed by atoms with Crippen molar-refractivity contribution in [1.29, 1.82) is 0 Å². The van der Waals surface area contributed by atoms with E-state index < -0.39 is 0 Å². The maximum Gasteiger partial charge on any atom is 0.244 e. The normalized spacial score (nSPS) is 22.8. The third-order valence-electron chi connectivity index (χ3n) is 6.77. The summed E-state index contributed by atoms with van der Waals surface area (Å²) in [5.41, 5.74) is 2.69. The summed E-state index contributed by atoms with van der Waals surface area (Å²) in [6, 6.07) is 8.26. The molecule has 146 valence electrons. The number of likely N-dealkylation sites (tertiary alicyclic amines) is 2. The topological polar surface area (TPSA) is 84.2 Å². The molecule has 2 aliphatic heterocycles. The maximum absolute atomic E-state index is 13.0. The van der Waals surface area contributed by atoms with Crippen molar-refractivity contribution in [1.82, 2.24) is 30.0 Å². The van der Waals surface area contributed by atoms with Gasteiger partial charge in [-0.2, -0.15) is 0 Å². The Bertz CT molecular complexity index is 888. The van der Waals surface area contributed by atoms with E-state index in [4.69, 9.17) is 0 Å². The number of hydrogen-bond acceptors (Lipinski definition) is 5. The number of aromatic nitrogens is 4. The molecule has 3 aliphatic rings. The van der Waals surface area contributed by atoms with Crippen LogP contribution in [0, 0.1) is 5.41 Å². The number of carbonyl (C=O) groups excluding carboxylic acids is 2. The van der Waals surface area contributed by atoms with Crippen molar-refractivity contribution in [2.24, 2.45) is 5.41 Å². The summed E-state index contributed by atoms with van der Waals surface area (Å²) in [4.78, 5) is 29.4. The summed E-state index contributed by atoms with van der Waals surface area (Å²) in [5.74, 6) is 0.385. The van der Waals surface area contributed by atoms with Crippen molar-refractivity contribution in [3.05, 3.63) is 41.7 Å². The molecule has 1 atom stereocenters. The molecule has 2 aromatic rings. The Morgan fingerprint density at radius 2 is 1.82 bits per heavy atom. The molecule has 1 unspecified atom stereocenters. The Balaban J connectivity index is 1.17. The van der Waals surface area contributed by atoms with Gasteiger partial charge in [-0.05, 0) is 52.7 Å². The molecule has 5 rings (SSSR count). The number of nitrogens with zero attached hydrogens (tertiary/aromatic N) is 6. The molecule has 2 amide bonds. The molecule has 0 saturated carbocycles. The third kappa shape index (κ3) is 2.96. The Labute approximate surface area is 163 Å². The fourth-order valence-electron chi connectivity index (χ4n) is 4.95. The highest BCUT2D eigenvalue weighted by Gasteiger charge is 2.45. The molecule has 0 radical (unpaired) electrons.